The maximum atomic E-state index is 10.7. The van der Waals surface area contributed by atoms with Gasteiger partial charge in [-0.2, -0.15) is 0 Å². The highest BCUT2D eigenvalue weighted by atomic mass is 16.5. The maximum Gasteiger partial charge on any atom is 0.161 e. The quantitative estimate of drug-likeness (QED) is 0.0717. The first kappa shape index (κ1) is 45.1. The van der Waals surface area contributed by atoms with E-state index in [1.165, 1.54) is 5.56 Å². The van der Waals surface area contributed by atoms with Crippen LogP contribution >= 0.6 is 0 Å². The zero-order valence-electron chi connectivity index (χ0n) is 37.4. The molecule has 2 aliphatic carbocycles. The van der Waals surface area contributed by atoms with Crippen molar-refractivity contribution >= 4 is 24.0 Å². The highest BCUT2D eigenvalue weighted by Gasteiger charge is 2.48. The summed E-state index contributed by atoms with van der Waals surface area (Å²) in [6, 6.07) is 54.3. The number of aliphatic hydroxyl groups is 1. The van der Waals surface area contributed by atoms with Crippen LogP contribution in [0.25, 0.3) is 16.7 Å². The third kappa shape index (κ3) is 9.41. The minimum atomic E-state index is -0.655. The Kier molecular flexibility index (Phi) is 15.2. The van der Waals surface area contributed by atoms with Crippen LogP contribution < -0.4 is 4.74 Å². The van der Waals surface area contributed by atoms with Crippen molar-refractivity contribution in [1.82, 2.24) is 0 Å². The molecule has 1 aliphatic heterocycles. The van der Waals surface area contributed by atoms with E-state index in [0.29, 0.717) is 29.7 Å². The van der Waals surface area contributed by atoms with Crippen LogP contribution in [0.5, 0.6) is 5.75 Å². The molecular weight excluding hydrogens is 795 g/mol. The van der Waals surface area contributed by atoms with E-state index in [4.69, 9.17) is 14.7 Å². The smallest absolute Gasteiger partial charge is 0.161 e. The lowest BCUT2D eigenvalue weighted by Crippen LogP contribution is -2.29. The number of nitrogens with zero attached hydrogens (tertiary/aromatic N) is 3. The van der Waals surface area contributed by atoms with Gasteiger partial charge < -0.3 is 9.84 Å². The summed E-state index contributed by atoms with van der Waals surface area (Å²) < 4.78 is 6.77. The molecule has 0 aromatic heterocycles. The third-order valence-electron chi connectivity index (χ3n) is 11.4. The molecular formula is C60H55N3O2. The number of hydrogen-bond donors (Lipinski definition) is 1. The van der Waals surface area contributed by atoms with Gasteiger partial charge in [0.1, 0.15) is 12.0 Å². The molecule has 5 heteroatoms. The number of para-hydroxylation sites is 1. The lowest BCUT2D eigenvalue weighted by atomic mass is 9.66. The summed E-state index contributed by atoms with van der Waals surface area (Å²) in [5.41, 5.74) is 11.5. The molecule has 0 radical (unpaired) electrons. The fourth-order valence-corrected chi connectivity index (χ4v) is 8.67. The highest BCUT2D eigenvalue weighted by molar-refractivity contribution is 6.15. The van der Waals surface area contributed by atoms with Crippen molar-refractivity contribution in [2.45, 2.75) is 39.0 Å². The van der Waals surface area contributed by atoms with E-state index in [0.717, 1.165) is 80.3 Å². The van der Waals surface area contributed by atoms with Gasteiger partial charge in [-0.05, 0) is 77.1 Å². The Balaban J connectivity index is 0.000000844. The first-order chi connectivity index (χ1) is 32.1. The number of rotatable bonds is 8. The summed E-state index contributed by atoms with van der Waals surface area (Å²) in [6.07, 6.45) is 19.2. The second kappa shape index (κ2) is 22.0. The van der Waals surface area contributed by atoms with Crippen molar-refractivity contribution in [1.29, 1.82) is 0 Å². The van der Waals surface area contributed by atoms with Gasteiger partial charge in [-0.3, -0.25) is 4.99 Å². The van der Waals surface area contributed by atoms with Crippen LogP contribution in [-0.4, -0.2) is 30.0 Å². The molecule has 0 atom stereocenters. The number of hydrogen-bond acceptors (Lipinski definition) is 3. The van der Waals surface area contributed by atoms with E-state index in [1.54, 1.807) is 6.08 Å². The standard InChI is InChI=1S/C53H41N3O2.C5H8.C2H6/c1-54-52(56-51(38-21-8-3-9-22-38)55-35-37-19-6-2-7-20-37)44-28-15-14-27-42(44)43-30-18-31-46-49-45-29-16-17-32-47(45)53(39-23-10-4-11-24-39,40-25-12-5-13-26-40)48(49)34-33-41(36-57)58-50(43)46;1-3-5-4-2;1-2/h3-6,8-34,36,57H,1-2,7,35H2;3-5H,1H2,2H3;1-2H3/b34-33-,41-36-,55-51?,56-52?;5-4-;. The van der Waals surface area contributed by atoms with Crippen LogP contribution in [0.15, 0.2) is 251 Å². The molecule has 6 aromatic rings. The lowest BCUT2D eigenvalue weighted by molar-refractivity contribution is 0.388. The zero-order chi connectivity index (χ0) is 45.4. The first-order valence-electron chi connectivity index (χ1n) is 22.3. The first-order valence-corrected chi connectivity index (χ1v) is 22.3. The van der Waals surface area contributed by atoms with Gasteiger partial charge in [-0.1, -0.05) is 221 Å². The molecule has 3 aliphatic rings. The molecule has 0 fully saturated rings. The van der Waals surface area contributed by atoms with E-state index < -0.39 is 5.41 Å². The Hall–Kier alpha value is -7.89. The monoisotopic (exact) mass is 849 g/mol. The summed E-state index contributed by atoms with van der Waals surface area (Å²) in [6.45, 7) is 13.9. The number of aliphatic hydroxyl groups excluding tert-OH is 1. The van der Waals surface area contributed by atoms with Crippen LogP contribution in [0.4, 0.5) is 0 Å². The minimum absolute atomic E-state index is 0.309. The second-order valence-electron chi connectivity index (χ2n) is 15.1. The molecule has 0 spiro atoms. The molecule has 6 aromatic carbocycles. The number of aliphatic imine (C=N–C) groups is 3. The number of benzene rings is 6. The van der Waals surface area contributed by atoms with E-state index >= 15 is 0 Å². The molecule has 1 heterocycles. The predicted octanol–water partition coefficient (Wildman–Crippen LogP) is 14.8. The fraction of sp³-hybridized carbons (Fsp3) is 0.117. The Bertz CT molecular complexity index is 2840. The molecule has 1 N–H and O–H groups in total. The summed E-state index contributed by atoms with van der Waals surface area (Å²) >= 11 is 0. The molecule has 0 unspecified atom stereocenters. The zero-order valence-corrected chi connectivity index (χ0v) is 37.4. The largest absolute Gasteiger partial charge is 0.512 e. The van der Waals surface area contributed by atoms with E-state index in [1.807, 2.05) is 87.5 Å². The maximum absolute atomic E-state index is 10.7. The normalized spacial score (nSPS) is 15.9. The van der Waals surface area contributed by atoms with Gasteiger partial charge in [0.05, 0.1) is 12.0 Å². The van der Waals surface area contributed by atoms with Gasteiger partial charge in [0.15, 0.2) is 17.4 Å². The SMILES string of the molecule is C=C/C=C\C.C=NC(=NC(=NCC1=CCCC=C1)c1ccccc1)c1ccccc1-c1cccc2c1OC(=C\O)/C=C\C1=C2c2ccccc2C1(c1ccccc1)c1ccccc1.CC. The van der Waals surface area contributed by atoms with Crippen molar-refractivity contribution in [3.05, 3.63) is 275 Å². The average molecular weight is 850 g/mol. The van der Waals surface area contributed by atoms with Crippen molar-refractivity contribution < 1.29 is 9.84 Å². The summed E-state index contributed by atoms with van der Waals surface area (Å²) in [4.78, 5) is 14.7. The summed E-state index contributed by atoms with van der Waals surface area (Å²) in [7, 11) is 0. The van der Waals surface area contributed by atoms with Gasteiger partial charge in [0.25, 0.3) is 0 Å². The van der Waals surface area contributed by atoms with Gasteiger partial charge in [-0.15, -0.1) is 0 Å². The number of ether oxygens (including phenoxy) is 1. The van der Waals surface area contributed by atoms with E-state index in [2.05, 4.69) is 152 Å². The van der Waals surface area contributed by atoms with Crippen LogP contribution in [0.3, 0.4) is 0 Å². The van der Waals surface area contributed by atoms with Crippen LogP contribution in [0.2, 0.25) is 0 Å². The molecule has 0 amide bonds. The summed E-state index contributed by atoms with van der Waals surface area (Å²) in [5, 5.41) is 10.7. The third-order valence-corrected chi connectivity index (χ3v) is 11.4. The van der Waals surface area contributed by atoms with Crippen LogP contribution in [-0.2, 0) is 5.41 Å². The number of amidine groups is 2. The average Bonchev–Trinajstić information content (AvgIpc) is 3.66. The molecule has 0 bridgehead atoms. The Morgan fingerprint density at radius 3 is 1.91 bits per heavy atom. The van der Waals surface area contributed by atoms with E-state index in [-0.39, 0.29) is 0 Å². The molecule has 0 saturated heterocycles. The van der Waals surface area contributed by atoms with Crippen molar-refractivity contribution in [2.24, 2.45) is 15.0 Å². The Morgan fingerprint density at radius 2 is 1.29 bits per heavy atom. The molecule has 9 rings (SSSR count). The highest BCUT2D eigenvalue weighted by Crippen LogP contribution is 2.58. The fourth-order valence-electron chi connectivity index (χ4n) is 8.67. The van der Waals surface area contributed by atoms with Gasteiger partial charge in [-0.25, -0.2) is 9.98 Å². The molecule has 5 nitrogen and oxygen atoms in total. The van der Waals surface area contributed by atoms with Crippen LogP contribution in [0, 0.1) is 0 Å². The Morgan fingerprint density at radius 1 is 0.677 bits per heavy atom. The summed E-state index contributed by atoms with van der Waals surface area (Å²) in [5.74, 6) is 1.92. The number of allylic oxidation sites excluding steroid dienone is 8. The predicted molar refractivity (Wildman–Crippen MR) is 274 cm³/mol. The van der Waals surface area contributed by atoms with Crippen molar-refractivity contribution in [2.75, 3.05) is 6.54 Å². The molecule has 322 valence electrons. The van der Waals surface area contributed by atoms with Gasteiger partial charge >= 0.3 is 0 Å². The minimum Gasteiger partial charge on any atom is -0.512 e. The molecule has 0 saturated carbocycles. The van der Waals surface area contributed by atoms with Gasteiger partial charge in [0.2, 0.25) is 0 Å². The van der Waals surface area contributed by atoms with E-state index in [9.17, 15) is 5.11 Å². The number of fused-ring (bicyclic) bond motifs is 4. The Labute approximate surface area is 384 Å². The van der Waals surface area contributed by atoms with Gasteiger partial charge in [0, 0.05) is 22.3 Å². The van der Waals surface area contributed by atoms with Crippen LogP contribution in [0.1, 0.15) is 72.6 Å². The second-order valence-corrected chi connectivity index (χ2v) is 15.1. The molecule has 65 heavy (non-hydrogen) atoms. The lowest BCUT2D eigenvalue weighted by Gasteiger charge is -2.35. The van der Waals surface area contributed by atoms with Crippen molar-refractivity contribution in [3.8, 4) is 16.9 Å². The van der Waals surface area contributed by atoms with Crippen molar-refractivity contribution in [3.63, 3.8) is 0 Å². The topological polar surface area (TPSA) is 66.5 Å².